The molecule has 0 aromatic rings. The molecular formula is C14H26N2S. The van der Waals surface area contributed by atoms with E-state index in [1.165, 1.54) is 43.0 Å². The van der Waals surface area contributed by atoms with Crippen molar-refractivity contribution in [2.75, 3.05) is 12.3 Å². The van der Waals surface area contributed by atoms with Crippen LogP contribution in [0.25, 0.3) is 0 Å². The van der Waals surface area contributed by atoms with Gasteiger partial charge in [0.05, 0.1) is 0 Å². The highest BCUT2D eigenvalue weighted by Gasteiger charge is 2.34. The van der Waals surface area contributed by atoms with Crippen molar-refractivity contribution < 1.29 is 0 Å². The Bertz CT molecular complexity index is 284. The van der Waals surface area contributed by atoms with E-state index in [2.05, 4.69) is 26.1 Å². The van der Waals surface area contributed by atoms with Gasteiger partial charge in [-0.05, 0) is 31.1 Å². The summed E-state index contributed by atoms with van der Waals surface area (Å²) in [4.78, 5) is 4.82. The van der Waals surface area contributed by atoms with Crippen LogP contribution in [-0.4, -0.2) is 23.0 Å². The van der Waals surface area contributed by atoms with Crippen LogP contribution in [0.15, 0.2) is 4.99 Å². The van der Waals surface area contributed by atoms with E-state index in [1.807, 2.05) is 11.8 Å². The van der Waals surface area contributed by atoms with Gasteiger partial charge in [-0.2, -0.15) is 0 Å². The van der Waals surface area contributed by atoms with E-state index < -0.39 is 0 Å². The maximum atomic E-state index is 4.82. The molecule has 0 aromatic carbocycles. The number of thioether (sulfide) groups is 1. The number of amidine groups is 1. The number of rotatable bonds is 4. The van der Waals surface area contributed by atoms with E-state index in [0.29, 0.717) is 5.54 Å². The van der Waals surface area contributed by atoms with E-state index >= 15 is 0 Å². The summed E-state index contributed by atoms with van der Waals surface area (Å²) in [5.74, 6) is 2.91. The van der Waals surface area contributed by atoms with Crippen molar-refractivity contribution in [2.24, 2.45) is 16.8 Å². The molecule has 2 unspecified atom stereocenters. The van der Waals surface area contributed by atoms with Crippen LogP contribution in [-0.2, 0) is 0 Å². The lowest BCUT2D eigenvalue weighted by atomic mass is 9.96. The van der Waals surface area contributed by atoms with Crippen molar-refractivity contribution >= 4 is 16.9 Å². The molecule has 1 saturated carbocycles. The highest BCUT2D eigenvalue weighted by atomic mass is 32.2. The standard InChI is InChI=1S/C14H26N2S/c1-4-14(5-2)10-17-13(16-14)15-9-12-8-6-7-11(12)3/h11-12H,4-10H2,1-3H3,(H,15,16). The minimum atomic E-state index is 0.324. The minimum absolute atomic E-state index is 0.324. The van der Waals surface area contributed by atoms with Crippen LogP contribution in [0.5, 0.6) is 0 Å². The molecule has 2 aliphatic rings. The van der Waals surface area contributed by atoms with Crippen molar-refractivity contribution in [3.63, 3.8) is 0 Å². The first-order chi connectivity index (χ1) is 8.19. The molecule has 2 rings (SSSR count). The second-order valence-electron chi connectivity index (χ2n) is 5.72. The summed E-state index contributed by atoms with van der Waals surface area (Å²) in [7, 11) is 0. The first-order valence-electron chi connectivity index (χ1n) is 7.14. The summed E-state index contributed by atoms with van der Waals surface area (Å²) < 4.78 is 0. The molecule has 1 heterocycles. The third-order valence-corrected chi connectivity index (χ3v) is 5.92. The van der Waals surface area contributed by atoms with Gasteiger partial charge in [0.1, 0.15) is 0 Å². The van der Waals surface area contributed by atoms with Gasteiger partial charge in [-0.25, -0.2) is 0 Å². The SMILES string of the molecule is CCC1(CC)CSC(=NCC2CCCC2C)N1. The predicted octanol–water partition coefficient (Wildman–Crippen LogP) is 3.67. The number of nitrogens with one attached hydrogen (secondary N) is 1. The summed E-state index contributed by atoms with van der Waals surface area (Å²) >= 11 is 1.92. The van der Waals surface area contributed by atoms with Crippen LogP contribution >= 0.6 is 11.8 Å². The summed E-state index contributed by atoms with van der Waals surface area (Å²) in [6.07, 6.45) is 6.61. The average molecular weight is 254 g/mol. The zero-order valence-electron chi connectivity index (χ0n) is 11.5. The molecule has 0 bridgehead atoms. The zero-order valence-corrected chi connectivity index (χ0v) is 12.3. The first-order valence-corrected chi connectivity index (χ1v) is 8.13. The van der Waals surface area contributed by atoms with Gasteiger partial charge in [0.15, 0.2) is 5.17 Å². The average Bonchev–Trinajstić information content (AvgIpc) is 2.94. The smallest absolute Gasteiger partial charge is 0.157 e. The Morgan fingerprint density at radius 2 is 2.12 bits per heavy atom. The van der Waals surface area contributed by atoms with Gasteiger partial charge in [-0.15, -0.1) is 0 Å². The van der Waals surface area contributed by atoms with E-state index in [-0.39, 0.29) is 0 Å². The van der Waals surface area contributed by atoms with Crippen LogP contribution < -0.4 is 5.32 Å². The molecule has 1 saturated heterocycles. The third-order valence-electron chi connectivity index (χ3n) is 4.72. The Labute approximate surface area is 110 Å². The van der Waals surface area contributed by atoms with Crippen molar-refractivity contribution in [1.29, 1.82) is 0 Å². The summed E-state index contributed by atoms with van der Waals surface area (Å²) in [6, 6.07) is 0. The lowest BCUT2D eigenvalue weighted by Gasteiger charge is -2.25. The van der Waals surface area contributed by atoms with Gasteiger partial charge >= 0.3 is 0 Å². The van der Waals surface area contributed by atoms with Gasteiger partial charge in [0.2, 0.25) is 0 Å². The minimum Gasteiger partial charge on any atom is -0.359 e. The topological polar surface area (TPSA) is 24.4 Å². The van der Waals surface area contributed by atoms with Crippen molar-refractivity contribution in [1.82, 2.24) is 5.32 Å². The monoisotopic (exact) mass is 254 g/mol. The molecule has 0 amide bonds. The van der Waals surface area contributed by atoms with Crippen molar-refractivity contribution in [3.05, 3.63) is 0 Å². The molecule has 0 radical (unpaired) electrons. The van der Waals surface area contributed by atoms with Gasteiger partial charge in [0, 0.05) is 17.8 Å². The van der Waals surface area contributed by atoms with Gasteiger partial charge < -0.3 is 5.32 Å². The second-order valence-corrected chi connectivity index (χ2v) is 6.68. The molecule has 1 N–H and O–H groups in total. The number of hydrogen-bond acceptors (Lipinski definition) is 2. The quantitative estimate of drug-likeness (QED) is 0.827. The fraction of sp³-hybridized carbons (Fsp3) is 0.929. The molecule has 1 aliphatic carbocycles. The summed E-state index contributed by atoms with van der Waals surface area (Å²) in [5, 5.41) is 4.86. The number of nitrogens with zero attached hydrogens (tertiary/aromatic N) is 1. The molecule has 1 aliphatic heterocycles. The molecule has 2 fully saturated rings. The lowest BCUT2D eigenvalue weighted by Crippen LogP contribution is -2.42. The van der Waals surface area contributed by atoms with Crippen LogP contribution in [0.2, 0.25) is 0 Å². The summed E-state index contributed by atoms with van der Waals surface area (Å²) in [6.45, 7) is 7.98. The molecule has 3 heteroatoms. The Morgan fingerprint density at radius 3 is 2.65 bits per heavy atom. The maximum absolute atomic E-state index is 4.82. The van der Waals surface area contributed by atoms with Crippen molar-refractivity contribution in [2.45, 2.75) is 58.4 Å². The Kier molecular flexibility index (Phi) is 4.40. The van der Waals surface area contributed by atoms with Gasteiger partial charge in [0.25, 0.3) is 0 Å². The van der Waals surface area contributed by atoms with Gasteiger partial charge in [-0.3, -0.25) is 4.99 Å². The van der Waals surface area contributed by atoms with Crippen LogP contribution in [0.3, 0.4) is 0 Å². The van der Waals surface area contributed by atoms with E-state index in [0.717, 1.165) is 18.4 Å². The fourth-order valence-electron chi connectivity index (χ4n) is 2.92. The molecule has 2 atom stereocenters. The number of aliphatic imine (C=N–C) groups is 1. The van der Waals surface area contributed by atoms with Crippen LogP contribution in [0, 0.1) is 11.8 Å². The largest absolute Gasteiger partial charge is 0.359 e. The van der Waals surface area contributed by atoms with E-state index in [9.17, 15) is 0 Å². The maximum Gasteiger partial charge on any atom is 0.157 e. The predicted molar refractivity (Wildman–Crippen MR) is 77.7 cm³/mol. The van der Waals surface area contributed by atoms with E-state index in [4.69, 9.17) is 4.99 Å². The zero-order chi connectivity index (χ0) is 12.3. The Morgan fingerprint density at radius 1 is 1.35 bits per heavy atom. The normalized spacial score (nSPS) is 34.2. The highest BCUT2D eigenvalue weighted by molar-refractivity contribution is 8.14. The molecule has 98 valence electrons. The molecular weight excluding hydrogens is 228 g/mol. The highest BCUT2D eigenvalue weighted by Crippen LogP contribution is 2.33. The third kappa shape index (κ3) is 2.98. The number of hydrogen-bond donors (Lipinski definition) is 1. The molecule has 0 aromatic heterocycles. The molecule has 17 heavy (non-hydrogen) atoms. The van der Waals surface area contributed by atoms with Crippen LogP contribution in [0.1, 0.15) is 52.9 Å². The lowest BCUT2D eigenvalue weighted by molar-refractivity contribution is 0.404. The molecule has 0 spiro atoms. The Balaban J connectivity index is 1.87. The Hall–Kier alpha value is -0.180. The fourth-order valence-corrected chi connectivity index (χ4v) is 4.26. The molecule has 2 nitrogen and oxygen atoms in total. The van der Waals surface area contributed by atoms with E-state index in [1.54, 1.807) is 0 Å². The van der Waals surface area contributed by atoms with Crippen molar-refractivity contribution in [3.8, 4) is 0 Å². The first kappa shape index (κ1) is 13.3. The van der Waals surface area contributed by atoms with Gasteiger partial charge in [-0.1, -0.05) is 45.4 Å². The second kappa shape index (κ2) is 5.64. The van der Waals surface area contributed by atoms with Crippen LogP contribution in [0.4, 0.5) is 0 Å². The summed E-state index contributed by atoms with van der Waals surface area (Å²) in [5.41, 5.74) is 0.324.